The Hall–Kier alpha value is -1.40. The predicted octanol–water partition coefficient (Wildman–Crippen LogP) is 11.3. The third-order valence-corrected chi connectivity index (χ3v) is 21.6. The summed E-state index contributed by atoms with van der Waals surface area (Å²) in [4.78, 5) is 0. The lowest BCUT2D eigenvalue weighted by Crippen LogP contribution is -2.52. The molecule has 1 aliphatic rings. The van der Waals surface area contributed by atoms with Crippen molar-refractivity contribution in [3.05, 3.63) is 53.6 Å². The van der Waals surface area contributed by atoms with E-state index < -0.39 is 22.6 Å². The van der Waals surface area contributed by atoms with Crippen molar-refractivity contribution in [1.82, 2.24) is 0 Å². The summed E-state index contributed by atoms with van der Waals surface area (Å²) in [6.07, 6.45) is 4.23. The van der Waals surface area contributed by atoms with Gasteiger partial charge in [0.2, 0.25) is 0 Å². The van der Waals surface area contributed by atoms with E-state index in [4.69, 9.17) is 4.43 Å². The summed E-state index contributed by atoms with van der Waals surface area (Å²) < 4.78 is 22.4. The van der Waals surface area contributed by atoms with Gasteiger partial charge in [0, 0.05) is 5.56 Å². The fourth-order valence-electron chi connectivity index (χ4n) is 6.77. The van der Waals surface area contributed by atoms with Crippen LogP contribution in [0.2, 0.25) is 40.8 Å². The van der Waals surface area contributed by atoms with Crippen LogP contribution in [0.5, 0.6) is 5.75 Å². The molecule has 3 rings (SSSR count). The van der Waals surface area contributed by atoms with Crippen LogP contribution < -0.4 is 4.43 Å². The minimum atomic E-state index is -2.18. The summed E-state index contributed by atoms with van der Waals surface area (Å²) in [5.41, 5.74) is 4.09. The molecule has 0 bridgehead atoms. The van der Waals surface area contributed by atoms with E-state index in [0.717, 1.165) is 28.0 Å². The second-order valence-electron chi connectivity index (χ2n) is 12.6. The zero-order valence-electron chi connectivity index (χ0n) is 24.3. The van der Waals surface area contributed by atoms with Gasteiger partial charge in [-0.15, -0.1) is 0 Å². The minimum Gasteiger partial charge on any atom is -0.543 e. The highest BCUT2D eigenvalue weighted by Crippen LogP contribution is 2.50. The van der Waals surface area contributed by atoms with Crippen LogP contribution in [0.15, 0.2) is 42.5 Å². The summed E-state index contributed by atoms with van der Waals surface area (Å²) in [6.45, 7) is 19.1. The van der Waals surface area contributed by atoms with Crippen LogP contribution in [-0.2, 0) is 0 Å². The van der Waals surface area contributed by atoms with E-state index in [9.17, 15) is 0 Å². The molecule has 0 amide bonds. The molecule has 4 heteroatoms. The summed E-state index contributed by atoms with van der Waals surface area (Å²) in [5, 5.41) is 0.104. The molecule has 0 N–H and O–H groups in total. The lowest BCUT2D eigenvalue weighted by Gasteiger charge is -2.45. The number of halogens is 1. The van der Waals surface area contributed by atoms with E-state index >= 15 is 4.39 Å². The van der Waals surface area contributed by atoms with Gasteiger partial charge in [0.15, 0.2) is 6.17 Å². The van der Waals surface area contributed by atoms with Gasteiger partial charge in [-0.25, -0.2) is 4.39 Å². The third-order valence-electron chi connectivity index (χ3n) is 9.58. The van der Waals surface area contributed by atoms with Crippen LogP contribution in [0.3, 0.4) is 0 Å². The molecule has 2 aromatic rings. The fourth-order valence-corrected chi connectivity index (χ4v) is 15.4. The lowest BCUT2D eigenvalue weighted by atomic mass is 10.1. The Morgan fingerprint density at radius 2 is 1.39 bits per heavy atom. The molecule has 2 aromatic carbocycles. The Morgan fingerprint density at radius 1 is 0.806 bits per heavy atom. The van der Waals surface area contributed by atoms with Gasteiger partial charge < -0.3 is 4.43 Å². The monoisotopic (exact) mass is 526 g/mol. The van der Waals surface area contributed by atoms with Crippen LogP contribution in [0.1, 0.15) is 98.4 Å². The normalized spacial score (nSPS) is 17.1. The maximum absolute atomic E-state index is 15.4. The maximum Gasteiger partial charge on any atom is 0.259 e. The molecule has 0 saturated carbocycles. The van der Waals surface area contributed by atoms with E-state index in [1.165, 1.54) is 55.9 Å². The first-order valence-electron chi connectivity index (χ1n) is 14.6. The molecule has 0 heterocycles. The minimum absolute atomic E-state index is 0.104. The largest absolute Gasteiger partial charge is 0.543 e. The first kappa shape index (κ1) is 29.2. The molecule has 0 aromatic heterocycles. The summed E-state index contributed by atoms with van der Waals surface area (Å²) in [6, 6.07) is 21.0. The second-order valence-corrected chi connectivity index (χ2v) is 23.3. The van der Waals surface area contributed by atoms with Crippen LogP contribution in [-0.4, -0.2) is 16.4 Å². The number of rotatable bonds is 13. The average molecular weight is 527 g/mol. The number of hydrogen-bond acceptors (Lipinski definition) is 1. The average Bonchev–Trinajstić information content (AvgIpc) is 3.14. The fraction of sp³-hybridized carbons (Fsp3) is 0.625. The first-order valence-corrected chi connectivity index (χ1v) is 19.6. The van der Waals surface area contributed by atoms with E-state index in [2.05, 4.69) is 67.5 Å². The first-order chi connectivity index (χ1) is 17.0. The SMILES string of the molecule is CC[Si](CC)(CC)CCCCCC[Si](Oc1ccc2c(c1)C(F)c1ccccc1-2)(C(C)C)C(C)(C)C. The summed E-state index contributed by atoms with van der Waals surface area (Å²) >= 11 is 0. The predicted molar refractivity (Wildman–Crippen MR) is 161 cm³/mol. The molecule has 1 nitrogen and oxygen atoms in total. The lowest BCUT2D eigenvalue weighted by molar-refractivity contribution is 0.406. The molecule has 0 radical (unpaired) electrons. The number of fused-ring (bicyclic) bond motifs is 3. The van der Waals surface area contributed by atoms with Gasteiger partial charge in [-0.2, -0.15) is 0 Å². The number of unbranched alkanes of at least 4 members (excludes halogenated alkanes) is 3. The summed E-state index contributed by atoms with van der Waals surface area (Å²) in [7, 11) is -3.18. The van der Waals surface area contributed by atoms with E-state index in [-0.39, 0.29) is 5.04 Å². The van der Waals surface area contributed by atoms with Crippen molar-refractivity contribution in [2.45, 2.75) is 128 Å². The summed E-state index contributed by atoms with van der Waals surface area (Å²) in [5.74, 6) is 0.865. The van der Waals surface area contributed by atoms with Gasteiger partial charge in [0.1, 0.15) is 5.75 Å². The van der Waals surface area contributed by atoms with E-state index in [1.54, 1.807) is 0 Å². The maximum atomic E-state index is 15.4. The molecular weight excluding hydrogens is 476 g/mol. The molecule has 0 aliphatic heterocycles. The Bertz CT molecular complexity index is 984. The Labute approximate surface area is 223 Å². The van der Waals surface area contributed by atoms with Crippen molar-refractivity contribution in [2.24, 2.45) is 0 Å². The highest BCUT2D eigenvalue weighted by molar-refractivity contribution is 6.79. The van der Waals surface area contributed by atoms with Crippen LogP contribution in [0, 0.1) is 0 Å². The van der Waals surface area contributed by atoms with Crippen LogP contribution >= 0.6 is 0 Å². The Kier molecular flexibility index (Phi) is 9.71. The van der Waals surface area contributed by atoms with E-state index in [1.807, 2.05) is 30.3 Å². The van der Waals surface area contributed by atoms with Gasteiger partial charge in [-0.3, -0.25) is 0 Å². The smallest absolute Gasteiger partial charge is 0.259 e. The van der Waals surface area contributed by atoms with Crippen molar-refractivity contribution in [1.29, 1.82) is 0 Å². The molecule has 0 saturated heterocycles. The number of hydrogen-bond donors (Lipinski definition) is 0. The quantitative estimate of drug-likeness (QED) is 0.186. The van der Waals surface area contributed by atoms with Gasteiger partial charge in [0.25, 0.3) is 8.32 Å². The van der Waals surface area contributed by atoms with Gasteiger partial charge in [-0.05, 0) is 45.4 Å². The van der Waals surface area contributed by atoms with Crippen molar-refractivity contribution in [3.8, 4) is 16.9 Å². The zero-order valence-corrected chi connectivity index (χ0v) is 26.3. The Morgan fingerprint density at radius 3 is 1.97 bits per heavy atom. The molecule has 200 valence electrons. The highest BCUT2D eigenvalue weighted by atomic mass is 28.4. The number of benzene rings is 2. The topological polar surface area (TPSA) is 9.23 Å². The molecule has 0 spiro atoms. The molecule has 2 atom stereocenters. The van der Waals surface area contributed by atoms with Crippen molar-refractivity contribution in [3.63, 3.8) is 0 Å². The van der Waals surface area contributed by atoms with Crippen molar-refractivity contribution < 1.29 is 8.82 Å². The van der Waals surface area contributed by atoms with E-state index in [0.29, 0.717) is 5.54 Å². The standard InChI is InChI=1S/C32H51FOSi2/c1-9-35(10-2,11-3)22-16-12-13-17-23-36(25(4)5,32(6,7)8)34-26-20-21-28-27-18-14-15-19-29(27)31(33)30(28)24-26/h14-15,18-21,24-25,31H,9-13,16-17,22-23H2,1-8H3. The Balaban J connectivity index is 1.72. The molecule has 0 fully saturated rings. The van der Waals surface area contributed by atoms with Gasteiger partial charge in [-0.1, -0.05) is 136 Å². The molecule has 2 unspecified atom stereocenters. The molecule has 36 heavy (non-hydrogen) atoms. The highest BCUT2D eigenvalue weighted by Gasteiger charge is 2.50. The van der Waals surface area contributed by atoms with Crippen molar-refractivity contribution in [2.75, 3.05) is 0 Å². The van der Waals surface area contributed by atoms with Crippen LogP contribution in [0.25, 0.3) is 11.1 Å². The molecule has 1 aliphatic carbocycles. The zero-order chi connectivity index (χ0) is 26.6. The number of alkyl halides is 1. The second kappa shape index (κ2) is 12.0. The molecular formula is C32H51FOSi2. The van der Waals surface area contributed by atoms with Gasteiger partial charge >= 0.3 is 0 Å². The van der Waals surface area contributed by atoms with Gasteiger partial charge in [0.05, 0.1) is 8.07 Å². The third kappa shape index (κ3) is 5.85. The van der Waals surface area contributed by atoms with Crippen LogP contribution in [0.4, 0.5) is 4.39 Å². The van der Waals surface area contributed by atoms with Crippen molar-refractivity contribution >= 4 is 16.4 Å².